The summed E-state index contributed by atoms with van der Waals surface area (Å²) in [5.41, 5.74) is 3.68. The Balaban J connectivity index is 1.62. The third-order valence-corrected chi connectivity index (χ3v) is 7.02. The second-order valence-electron chi connectivity index (χ2n) is 8.91. The highest BCUT2D eigenvalue weighted by Crippen LogP contribution is 2.36. The molecule has 2 aromatic heterocycles. The van der Waals surface area contributed by atoms with Crippen LogP contribution in [0.2, 0.25) is 0 Å². The van der Waals surface area contributed by atoms with E-state index >= 15 is 0 Å². The zero-order valence-corrected chi connectivity index (χ0v) is 19.4. The van der Waals surface area contributed by atoms with Gasteiger partial charge in [0.05, 0.1) is 22.6 Å². The number of rotatable bonds is 5. The molecular formula is C24H30N4O2S. The molecule has 164 valence electrons. The van der Waals surface area contributed by atoms with E-state index < -0.39 is 0 Å². The van der Waals surface area contributed by atoms with E-state index in [1.165, 1.54) is 11.3 Å². The highest BCUT2D eigenvalue weighted by molar-refractivity contribution is 7.12. The fraction of sp³-hybridized carbons (Fsp3) is 0.542. The van der Waals surface area contributed by atoms with E-state index in [1.807, 2.05) is 22.4 Å². The molecule has 0 aliphatic carbocycles. The first-order valence-corrected chi connectivity index (χ1v) is 12.0. The van der Waals surface area contributed by atoms with Crippen molar-refractivity contribution < 1.29 is 9.53 Å². The topological polar surface area (TPSA) is 69.5 Å². The first-order chi connectivity index (χ1) is 14.9. The number of hydrogen-bond donors (Lipinski definition) is 0. The lowest BCUT2D eigenvalue weighted by atomic mass is 9.87. The van der Waals surface area contributed by atoms with Crippen LogP contribution in [0.3, 0.4) is 0 Å². The number of piperazine rings is 1. The summed E-state index contributed by atoms with van der Waals surface area (Å²) in [4.78, 5) is 22.6. The summed E-state index contributed by atoms with van der Waals surface area (Å²) in [5.74, 6) is 0.879. The summed E-state index contributed by atoms with van der Waals surface area (Å²) in [6.07, 6.45) is 3.79. The quantitative estimate of drug-likeness (QED) is 0.701. The van der Waals surface area contributed by atoms with Crippen LogP contribution in [0.1, 0.15) is 65.7 Å². The van der Waals surface area contributed by atoms with Gasteiger partial charge in [0.15, 0.2) is 0 Å². The molecule has 0 saturated carbocycles. The Morgan fingerprint density at radius 1 is 1.29 bits per heavy atom. The normalized spacial score (nSPS) is 17.9. The number of carbonyl (C=O) groups excluding carboxylic acids is 1. The van der Waals surface area contributed by atoms with Gasteiger partial charge in [-0.2, -0.15) is 5.26 Å². The summed E-state index contributed by atoms with van der Waals surface area (Å²) in [6.45, 7) is 9.51. The molecule has 6 nitrogen and oxygen atoms in total. The van der Waals surface area contributed by atoms with Crippen LogP contribution in [0.15, 0.2) is 17.5 Å². The van der Waals surface area contributed by atoms with Gasteiger partial charge < -0.3 is 14.5 Å². The zero-order chi connectivity index (χ0) is 22.0. The van der Waals surface area contributed by atoms with Crippen LogP contribution in [-0.2, 0) is 24.2 Å². The minimum atomic E-state index is -0.287. The van der Waals surface area contributed by atoms with Gasteiger partial charge >= 0.3 is 0 Å². The van der Waals surface area contributed by atoms with Crippen molar-refractivity contribution >= 4 is 23.1 Å². The molecule has 2 aromatic rings. The molecule has 1 saturated heterocycles. The minimum Gasteiger partial charge on any atom is -0.370 e. The summed E-state index contributed by atoms with van der Waals surface area (Å²) in [7, 11) is 0. The van der Waals surface area contributed by atoms with Crippen LogP contribution < -0.4 is 4.90 Å². The zero-order valence-electron chi connectivity index (χ0n) is 18.6. The Morgan fingerprint density at radius 3 is 2.71 bits per heavy atom. The van der Waals surface area contributed by atoms with E-state index in [0.29, 0.717) is 38.3 Å². The number of carbonyl (C=O) groups is 1. The van der Waals surface area contributed by atoms with Crippen LogP contribution in [-0.4, -0.2) is 47.6 Å². The maximum Gasteiger partial charge on any atom is 0.264 e. The predicted molar refractivity (Wildman–Crippen MR) is 123 cm³/mol. The van der Waals surface area contributed by atoms with E-state index in [-0.39, 0.29) is 11.5 Å². The number of nitriles is 1. The molecule has 4 heterocycles. The number of anilines is 1. The van der Waals surface area contributed by atoms with Gasteiger partial charge in [-0.1, -0.05) is 19.4 Å². The Labute approximate surface area is 188 Å². The molecule has 0 N–H and O–H groups in total. The van der Waals surface area contributed by atoms with E-state index in [9.17, 15) is 10.1 Å². The molecule has 7 heteroatoms. The number of aryl methyl sites for hydroxylation is 1. The largest absolute Gasteiger partial charge is 0.370 e. The monoisotopic (exact) mass is 438 g/mol. The van der Waals surface area contributed by atoms with Crippen molar-refractivity contribution in [3.05, 3.63) is 44.8 Å². The van der Waals surface area contributed by atoms with Gasteiger partial charge in [0, 0.05) is 43.9 Å². The van der Waals surface area contributed by atoms with E-state index in [1.54, 1.807) is 0 Å². The lowest BCUT2D eigenvalue weighted by Crippen LogP contribution is -2.49. The van der Waals surface area contributed by atoms with Gasteiger partial charge in [0.2, 0.25) is 0 Å². The van der Waals surface area contributed by atoms with Crippen LogP contribution >= 0.6 is 11.3 Å². The molecule has 2 aliphatic heterocycles. The van der Waals surface area contributed by atoms with Crippen molar-refractivity contribution in [2.24, 2.45) is 0 Å². The molecule has 0 atom stereocenters. The average molecular weight is 439 g/mol. The maximum absolute atomic E-state index is 12.7. The third kappa shape index (κ3) is 4.46. The van der Waals surface area contributed by atoms with Crippen LogP contribution in [0.5, 0.6) is 0 Å². The maximum atomic E-state index is 12.7. The Bertz CT molecular complexity index is 986. The standard InChI is InChI=1S/C24H30N4O2S/c1-4-5-7-20-19-16-30-24(2,3)14-17(19)18(15-25)22(26-20)27-9-11-28(12-10-27)23(29)21-8-6-13-31-21/h6,8,13H,4-5,7,9-12,14,16H2,1-3H3. The summed E-state index contributed by atoms with van der Waals surface area (Å²) < 4.78 is 6.07. The van der Waals surface area contributed by atoms with Gasteiger partial charge in [-0.25, -0.2) is 4.98 Å². The van der Waals surface area contributed by atoms with Gasteiger partial charge in [0.1, 0.15) is 11.9 Å². The molecule has 0 aromatic carbocycles. The van der Waals surface area contributed by atoms with Gasteiger partial charge in [-0.15, -0.1) is 11.3 Å². The van der Waals surface area contributed by atoms with Crippen LogP contribution in [0.4, 0.5) is 5.82 Å². The first-order valence-electron chi connectivity index (χ1n) is 11.1. The fourth-order valence-electron chi connectivity index (χ4n) is 4.40. The van der Waals surface area contributed by atoms with Crippen molar-refractivity contribution in [3.63, 3.8) is 0 Å². The van der Waals surface area contributed by atoms with Gasteiger partial charge in [0.25, 0.3) is 5.91 Å². The van der Waals surface area contributed by atoms with E-state index in [2.05, 4.69) is 31.7 Å². The molecule has 2 aliphatic rings. The highest BCUT2D eigenvalue weighted by Gasteiger charge is 2.33. The van der Waals surface area contributed by atoms with Gasteiger partial charge in [-0.05, 0) is 43.7 Å². The first kappa shape index (κ1) is 21.8. The molecule has 4 rings (SSSR count). The number of fused-ring (bicyclic) bond motifs is 1. The number of pyridine rings is 1. The minimum absolute atomic E-state index is 0.0936. The average Bonchev–Trinajstić information content (AvgIpc) is 3.31. The molecule has 1 fully saturated rings. The van der Waals surface area contributed by atoms with Crippen molar-refractivity contribution in [1.29, 1.82) is 5.26 Å². The second kappa shape index (κ2) is 8.97. The summed E-state index contributed by atoms with van der Waals surface area (Å²) >= 11 is 1.48. The Hall–Kier alpha value is -2.43. The van der Waals surface area contributed by atoms with Crippen molar-refractivity contribution in [2.75, 3.05) is 31.1 Å². The molecule has 31 heavy (non-hydrogen) atoms. The SMILES string of the molecule is CCCCc1nc(N2CCN(C(=O)c3cccs3)CC2)c(C#N)c2c1COC(C)(C)C2. The van der Waals surface area contributed by atoms with E-state index in [0.717, 1.165) is 53.2 Å². The summed E-state index contributed by atoms with van der Waals surface area (Å²) in [5, 5.41) is 12.0. The number of aromatic nitrogens is 1. The van der Waals surface area contributed by atoms with Crippen molar-refractivity contribution in [1.82, 2.24) is 9.88 Å². The molecule has 0 unspecified atom stereocenters. The fourth-order valence-corrected chi connectivity index (χ4v) is 5.09. The van der Waals surface area contributed by atoms with Crippen LogP contribution in [0, 0.1) is 11.3 Å². The second-order valence-corrected chi connectivity index (χ2v) is 9.86. The lowest BCUT2D eigenvalue weighted by Gasteiger charge is -2.38. The highest BCUT2D eigenvalue weighted by atomic mass is 32.1. The molecule has 0 radical (unpaired) electrons. The number of ether oxygens (including phenoxy) is 1. The van der Waals surface area contributed by atoms with Crippen molar-refractivity contribution in [2.45, 2.75) is 58.7 Å². The lowest BCUT2D eigenvalue weighted by molar-refractivity contribution is -0.0407. The van der Waals surface area contributed by atoms with Crippen LogP contribution in [0.25, 0.3) is 0 Å². The smallest absolute Gasteiger partial charge is 0.264 e. The van der Waals surface area contributed by atoms with Crippen molar-refractivity contribution in [3.8, 4) is 6.07 Å². The predicted octanol–water partition coefficient (Wildman–Crippen LogP) is 4.17. The third-order valence-electron chi connectivity index (χ3n) is 6.17. The number of nitrogens with zero attached hydrogens (tertiary/aromatic N) is 4. The number of unbranched alkanes of at least 4 members (excludes halogenated alkanes) is 1. The molecule has 1 amide bonds. The number of amides is 1. The Morgan fingerprint density at radius 2 is 2.06 bits per heavy atom. The van der Waals surface area contributed by atoms with E-state index in [4.69, 9.17) is 9.72 Å². The van der Waals surface area contributed by atoms with Gasteiger partial charge in [-0.3, -0.25) is 4.79 Å². The Kier molecular flexibility index (Phi) is 6.31. The summed E-state index contributed by atoms with van der Waals surface area (Å²) in [6, 6.07) is 6.25. The molecule has 0 spiro atoms. The molecular weight excluding hydrogens is 408 g/mol. The number of thiophene rings is 1. The molecule has 0 bridgehead atoms. The number of hydrogen-bond acceptors (Lipinski definition) is 6.